The fraction of sp³-hybridized carbons (Fsp3) is 0.300. The van der Waals surface area contributed by atoms with Gasteiger partial charge < -0.3 is 5.32 Å². The predicted molar refractivity (Wildman–Crippen MR) is 62.4 cm³/mol. The van der Waals surface area contributed by atoms with Crippen LogP contribution in [0.5, 0.6) is 0 Å². The second-order valence-electron chi connectivity index (χ2n) is 3.67. The Labute approximate surface area is 98.0 Å². The average molecular weight is 240 g/mol. The molecule has 0 aliphatic heterocycles. The number of pyridine rings is 1. The molecule has 0 saturated heterocycles. The van der Waals surface area contributed by atoms with Crippen LogP contribution in [0.3, 0.4) is 0 Å². The molecule has 5 nitrogen and oxygen atoms in total. The Morgan fingerprint density at radius 1 is 1.69 bits per heavy atom. The van der Waals surface area contributed by atoms with Crippen molar-refractivity contribution in [2.75, 3.05) is 5.32 Å². The number of rotatable bonds is 3. The number of terminal acetylenes is 1. The Kier molecular flexibility index (Phi) is 3.35. The van der Waals surface area contributed by atoms with Gasteiger partial charge in [-0.1, -0.05) is 17.5 Å². The van der Waals surface area contributed by atoms with E-state index in [1.807, 2.05) is 0 Å². The van der Waals surface area contributed by atoms with Crippen molar-refractivity contribution in [3.63, 3.8) is 0 Å². The third-order valence-corrected chi connectivity index (χ3v) is 2.03. The van der Waals surface area contributed by atoms with Crippen LogP contribution in [-0.4, -0.2) is 15.4 Å². The third kappa shape index (κ3) is 2.84. The molecular weight excluding hydrogens is 230 g/mol. The lowest BCUT2D eigenvalue weighted by atomic mass is 10.1. The van der Waals surface area contributed by atoms with Crippen molar-refractivity contribution in [1.29, 1.82) is 0 Å². The normalized spacial score (nSPS) is 10.6. The third-order valence-electron chi connectivity index (χ3n) is 1.82. The largest absolute Gasteiger partial charge is 0.349 e. The van der Waals surface area contributed by atoms with E-state index in [0.717, 1.165) is 0 Å². The number of hydrogen-bond acceptors (Lipinski definition) is 4. The Balaban J connectivity index is 3.15. The Bertz CT molecular complexity index is 466. The van der Waals surface area contributed by atoms with Crippen LogP contribution in [0.15, 0.2) is 12.3 Å². The highest BCUT2D eigenvalue weighted by molar-refractivity contribution is 6.30. The molecule has 1 aromatic rings. The zero-order valence-electron chi connectivity index (χ0n) is 8.82. The van der Waals surface area contributed by atoms with Gasteiger partial charge in [0.05, 0.1) is 15.5 Å². The fourth-order valence-electron chi connectivity index (χ4n) is 0.996. The Morgan fingerprint density at radius 3 is 2.81 bits per heavy atom. The maximum absolute atomic E-state index is 10.8. The first-order valence-corrected chi connectivity index (χ1v) is 4.79. The molecule has 0 radical (unpaired) electrons. The maximum Gasteiger partial charge on any atom is 0.312 e. The predicted octanol–water partition coefficient (Wildman–Crippen LogP) is 2.47. The van der Waals surface area contributed by atoms with Gasteiger partial charge in [0.2, 0.25) is 5.82 Å². The lowest BCUT2D eigenvalue weighted by molar-refractivity contribution is -0.384. The van der Waals surface area contributed by atoms with Crippen LogP contribution < -0.4 is 5.32 Å². The summed E-state index contributed by atoms with van der Waals surface area (Å²) in [7, 11) is 0. The number of nitrogens with one attached hydrogen (secondary N) is 1. The van der Waals surface area contributed by atoms with E-state index >= 15 is 0 Å². The molecule has 0 aliphatic carbocycles. The van der Waals surface area contributed by atoms with Crippen LogP contribution in [0.25, 0.3) is 0 Å². The quantitative estimate of drug-likeness (QED) is 0.500. The molecule has 0 atom stereocenters. The summed E-state index contributed by atoms with van der Waals surface area (Å²) in [5, 5.41) is 13.8. The highest BCUT2D eigenvalue weighted by Gasteiger charge is 2.22. The number of halogens is 1. The van der Waals surface area contributed by atoms with E-state index in [-0.39, 0.29) is 16.5 Å². The summed E-state index contributed by atoms with van der Waals surface area (Å²) in [6.45, 7) is 3.43. The van der Waals surface area contributed by atoms with Gasteiger partial charge in [0.15, 0.2) is 0 Å². The zero-order chi connectivity index (χ0) is 12.3. The first-order valence-electron chi connectivity index (χ1n) is 4.41. The maximum atomic E-state index is 10.8. The van der Waals surface area contributed by atoms with E-state index in [4.69, 9.17) is 18.0 Å². The van der Waals surface area contributed by atoms with Crippen LogP contribution in [0.2, 0.25) is 5.02 Å². The molecule has 0 saturated carbocycles. The zero-order valence-corrected chi connectivity index (χ0v) is 9.58. The number of nitrogens with zero attached hydrogens (tertiary/aromatic N) is 2. The lowest BCUT2D eigenvalue weighted by Gasteiger charge is -2.19. The van der Waals surface area contributed by atoms with Crippen molar-refractivity contribution in [2.45, 2.75) is 19.4 Å². The van der Waals surface area contributed by atoms with Gasteiger partial charge in [-0.3, -0.25) is 10.1 Å². The number of aromatic nitrogens is 1. The van der Waals surface area contributed by atoms with Crippen molar-refractivity contribution in [1.82, 2.24) is 4.98 Å². The fourth-order valence-corrected chi connectivity index (χ4v) is 1.15. The molecule has 0 spiro atoms. The summed E-state index contributed by atoms with van der Waals surface area (Å²) in [6, 6.07) is 1.23. The topological polar surface area (TPSA) is 68.1 Å². The molecule has 1 N–H and O–H groups in total. The molecule has 1 aromatic heterocycles. The molecule has 16 heavy (non-hydrogen) atoms. The van der Waals surface area contributed by atoms with Crippen LogP contribution in [0, 0.1) is 22.5 Å². The van der Waals surface area contributed by atoms with Crippen molar-refractivity contribution in [3.05, 3.63) is 27.4 Å². The molecule has 84 valence electrons. The minimum absolute atomic E-state index is 0.109. The van der Waals surface area contributed by atoms with Gasteiger partial charge in [-0.2, -0.15) is 0 Å². The molecule has 6 heteroatoms. The van der Waals surface area contributed by atoms with Crippen LogP contribution in [0.4, 0.5) is 11.5 Å². The second kappa shape index (κ2) is 4.37. The Hall–Kier alpha value is -1.80. The van der Waals surface area contributed by atoms with E-state index in [0.29, 0.717) is 0 Å². The van der Waals surface area contributed by atoms with Crippen LogP contribution in [0.1, 0.15) is 13.8 Å². The van der Waals surface area contributed by atoms with Crippen LogP contribution >= 0.6 is 11.6 Å². The molecule has 1 heterocycles. The summed E-state index contributed by atoms with van der Waals surface area (Å²) < 4.78 is 0. The second-order valence-corrected chi connectivity index (χ2v) is 4.11. The van der Waals surface area contributed by atoms with Crippen LogP contribution in [-0.2, 0) is 0 Å². The summed E-state index contributed by atoms with van der Waals surface area (Å²) >= 11 is 5.63. The molecule has 0 unspecified atom stereocenters. The van der Waals surface area contributed by atoms with E-state index in [1.54, 1.807) is 13.8 Å². The standard InChI is InChI=1S/C10H10ClN3O2/c1-4-10(2,3)13-9-8(14(15)16)5-7(11)6-12-9/h1,5-6H,2-3H3,(H,12,13). The van der Waals surface area contributed by atoms with Gasteiger partial charge in [0, 0.05) is 12.3 Å². The Morgan fingerprint density at radius 2 is 2.31 bits per heavy atom. The van der Waals surface area contributed by atoms with Crippen molar-refractivity contribution >= 4 is 23.1 Å². The number of anilines is 1. The molecular formula is C10H10ClN3O2. The number of hydrogen-bond donors (Lipinski definition) is 1. The van der Waals surface area contributed by atoms with Crippen molar-refractivity contribution in [3.8, 4) is 12.3 Å². The van der Waals surface area contributed by atoms with Gasteiger partial charge in [-0.15, -0.1) is 6.42 Å². The highest BCUT2D eigenvalue weighted by atomic mass is 35.5. The van der Waals surface area contributed by atoms with Gasteiger partial charge in [0.1, 0.15) is 0 Å². The van der Waals surface area contributed by atoms with Crippen molar-refractivity contribution in [2.24, 2.45) is 0 Å². The molecule has 0 fully saturated rings. The minimum atomic E-state index is -0.717. The molecule has 0 aliphatic rings. The number of nitro groups is 1. The summed E-state index contributed by atoms with van der Waals surface area (Å²) in [4.78, 5) is 14.1. The summed E-state index contributed by atoms with van der Waals surface area (Å²) in [5.74, 6) is 2.57. The highest BCUT2D eigenvalue weighted by Crippen LogP contribution is 2.27. The van der Waals surface area contributed by atoms with Crippen molar-refractivity contribution < 1.29 is 4.92 Å². The first kappa shape index (κ1) is 12.3. The smallest absolute Gasteiger partial charge is 0.312 e. The summed E-state index contributed by atoms with van der Waals surface area (Å²) in [5.41, 5.74) is -0.915. The van der Waals surface area contributed by atoms with E-state index in [1.165, 1.54) is 12.3 Å². The SMILES string of the molecule is C#CC(C)(C)Nc1ncc(Cl)cc1[N+](=O)[O-]. The molecule has 0 bridgehead atoms. The van der Waals surface area contributed by atoms with E-state index in [2.05, 4.69) is 16.2 Å². The minimum Gasteiger partial charge on any atom is -0.349 e. The lowest BCUT2D eigenvalue weighted by Crippen LogP contribution is -2.29. The summed E-state index contributed by atoms with van der Waals surface area (Å²) in [6.07, 6.45) is 6.60. The van der Waals surface area contributed by atoms with Gasteiger partial charge in [-0.05, 0) is 13.8 Å². The molecule has 0 aromatic carbocycles. The molecule has 0 amide bonds. The van der Waals surface area contributed by atoms with E-state index < -0.39 is 10.5 Å². The van der Waals surface area contributed by atoms with E-state index in [9.17, 15) is 10.1 Å². The van der Waals surface area contributed by atoms with Gasteiger partial charge in [0.25, 0.3) is 0 Å². The first-order chi connectivity index (χ1) is 7.35. The monoisotopic (exact) mass is 239 g/mol. The molecule has 1 rings (SSSR count). The average Bonchev–Trinajstić information content (AvgIpc) is 2.20. The van der Waals surface area contributed by atoms with Gasteiger partial charge >= 0.3 is 5.69 Å². The van der Waals surface area contributed by atoms with Gasteiger partial charge in [-0.25, -0.2) is 4.98 Å².